The van der Waals surface area contributed by atoms with Crippen molar-refractivity contribution in [1.82, 2.24) is 4.98 Å². The van der Waals surface area contributed by atoms with Gasteiger partial charge in [-0.15, -0.1) is 0 Å². The van der Waals surface area contributed by atoms with E-state index >= 15 is 0 Å². The van der Waals surface area contributed by atoms with E-state index in [4.69, 9.17) is 10.5 Å². The van der Waals surface area contributed by atoms with Gasteiger partial charge in [0.15, 0.2) is 0 Å². The highest BCUT2D eigenvalue weighted by molar-refractivity contribution is 5.35. The second-order valence-electron chi connectivity index (χ2n) is 3.64. The Morgan fingerprint density at radius 2 is 2.00 bits per heavy atom. The Balaban J connectivity index is 2.02. The molecule has 0 radical (unpaired) electrons. The van der Waals surface area contributed by atoms with Crippen LogP contribution in [0.15, 0.2) is 42.6 Å². The van der Waals surface area contributed by atoms with E-state index in [-0.39, 0.29) is 0 Å². The molecule has 0 fully saturated rings. The third kappa shape index (κ3) is 2.51. The van der Waals surface area contributed by atoms with Crippen LogP contribution in [0.1, 0.15) is 11.3 Å². The second kappa shape index (κ2) is 4.66. The molecule has 2 aromatic rings. The highest BCUT2D eigenvalue weighted by Gasteiger charge is 1.99. The molecule has 3 heteroatoms. The van der Waals surface area contributed by atoms with Crippen molar-refractivity contribution >= 4 is 5.69 Å². The fraction of sp³-hybridized carbons (Fsp3) is 0.154. The van der Waals surface area contributed by atoms with Crippen molar-refractivity contribution in [3.05, 3.63) is 53.9 Å². The average Bonchev–Trinajstić information content (AvgIpc) is 2.30. The quantitative estimate of drug-likeness (QED) is 0.854. The van der Waals surface area contributed by atoms with Crippen molar-refractivity contribution in [3.63, 3.8) is 0 Å². The van der Waals surface area contributed by atoms with E-state index in [0.29, 0.717) is 12.3 Å². The number of pyridine rings is 1. The van der Waals surface area contributed by atoms with Crippen LogP contribution in [0.3, 0.4) is 0 Å². The van der Waals surface area contributed by atoms with Crippen LogP contribution < -0.4 is 10.5 Å². The van der Waals surface area contributed by atoms with E-state index in [0.717, 1.165) is 17.0 Å². The number of benzene rings is 1. The van der Waals surface area contributed by atoms with Gasteiger partial charge in [0, 0.05) is 0 Å². The molecule has 0 saturated heterocycles. The first kappa shape index (κ1) is 10.5. The van der Waals surface area contributed by atoms with Gasteiger partial charge in [-0.1, -0.05) is 18.2 Å². The number of ether oxygens (including phenoxy) is 1. The van der Waals surface area contributed by atoms with Gasteiger partial charge in [0.2, 0.25) is 0 Å². The Morgan fingerprint density at radius 1 is 1.19 bits per heavy atom. The summed E-state index contributed by atoms with van der Waals surface area (Å²) in [6, 6.07) is 11.6. The smallest absolute Gasteiger partial charge is 0.130 e. The van der Waals surface area contributed by atoms with Gasteiger partial charge in [-0.05, 0) is 30.7 Å². The van der Waals surface area contributed by atoms with E-state index in [2.05, 4.69) is 4.98 Å². The molecule has 1 heterocycles. The van der Waals surface area contributed by atoms with Crippen molar-refractivity contribution < 1.29 is 4.74 Å². The van der Waals surface area contributed by atoms with Crippen LogP contribution in [0.5, 0.6) is 5.75 Å². The molecular weight excluding hydrogens is 200 g/mol. The molecule has 0 atom stereocenters. The molecule has 2 N–H and O–H groups in total. The number of nitrogen functional groups attached to an aromatic ring is 1. The number of nitrogens with zero attached hydrogens (tertiary/aromatic N) is 1. The number of hydrogen-bond donors (Lipinski definition) is 1. The molecule has 0 aliphatic carbocycles. The number of rotatable bonds is 3. The van der Waals surface area contributed by atoms with E-state index in [1.54, 1.807) is 6.20 Å². The molecule has 3 nitrogen and oxygen atoms in total. The predicted octanol–water partition coefficient (Wildman–Crippen LogP) is 2.55. The summed E-state index contributed by atoms with van der Waals surface area (Å²) in [6.45, 7) is 2.48. The van der Waals surface area contributed by atoms with Crippen LogP contribution in [0.25, 0.3) is 0 Å². The lowest BCUT2D eigenvalue weighted by atomic mass is 10.2. The molecule has 2 rings (SSSR count). The molecule has 1 aromatic heterocycles. The standard InChI is InChI=1S/C13H14N2O/c1-10-4-2-3-5-13(10)16-9-12-7-6-11(14)8-15-12/h2-8H,9,14H2,1H3. The van der Waals surface area contributed by atoms with E-state index in [1.807, 2.05) is 43.3 Å². The SMILES string of the molecule is Cc1ccccc1OCc1ccc(N)cn1. The monoisotopic (exact) mass is 214 g/mol. The van der Waals surface area contributed by atoms with Gasteiger partial charge in [-0.3, -0.25) is 4.98 Å². The number of hydrogen-bond acceptors (Lipinski definition) is 3. The normalized spacial score (nSPS) is 10.1. The van der Waals surface area contributed by atoms with Crippen LogP contribution in [-0.2, 0) is 6.61 Å². The summed E-state index contributed by atoms with van der Waals surface area (Å²) in [5.74, 6) is 0.890. The molecule has 0 spiro atoms. The topological polar surface area (TPSA) is 48.1 Å². The fourth-order valence-electron chi connectivity index (χ4n) is 1.39. The van der Waals surface area contributed by atoms with Crippen LogP contribution in [-0.4, -0.2) is 4.98 Å². The Bertz CT molecular complexity index is 466. The summed E-state index contributed by atoms with van der Waals surface area (Å²) in [4.78, 5) is 4.17. The maximum absolute atomic E-state index is 5.66. The molecule has 0 bridgehead atoms. The van der Waals surface area contributed by atoms with Crippen molar-refractivity contribution in [2.24, 2.45) is 0 Å². The number of aromatic nitrogens is 1. The van der Waals surface area contributed by atoms with Crippen molar-refractivity contribution in [3.8, 4) is 5.75 Å². The molecule has 82 valence electrons. The predicted molar refractivity (Wildman–Crippen MR) is 64.2 cm³/mol. The average molecular weight is 214 g/mol. The maximum atomic E-state index is 5.66. The zero-order valence-corrected chi connectivity index (χ0v) is 9.18. The maximum Gasteiger partial charge on any atom is 0.130 e. The first-order valence-electron chi connectivity index (χ1n) is 5.14. The minimum absolute atomic E-state index is 0.463. The first-order chi connectivity index (χ1) is 7.75. The minimum Gasteiger partial charge on any atom is -0.487 e. The summed E-state index contributed by atoms with van der Waals surface area (Å²) < 4.78 is 5.66. The zero-order chi connectivity index (χ0) is 11.4. The molecule has 0 saturated carbocycles. The van der Waals surface area contributed by atoms with Gasteiger partial charge in [0.05, 0.1) is 17.6 Å². The number of nitrogens with two attached hydrogens (primary N) is 1. The van der Waals surface area contributed by atoms with E-state index in [9.17, 15) is 0 Å². The van der Waals surface area contributed by atoms with Gasteiger partial charge in [0.1, 0.15) is 12.4 Å². The van der Waals surface area contributed by atoms with Gasteiger partial charge in [-0.25, -0.2) is 0 Å². The molecule has 0 unspecified atom stereocenters. The molecule has 1 aromatic carbocycles. The Kier molecular flexibility index (Phi) is 3.05. The van der Waals surface area contributed by atoms with Gasteiger partial charge < -0.3 is 10.5 Å². The number of aryl methyl sites for hydroxylation is 1. The summed E-state index contributed by atoms with van der Waals surface area (Å²) in [7, 11) is 0. The number of para-hydroxylation sites is 1. The van der Waals surface area contributed by atoms with Gasteiger partial charge >= 0.3 is 0 Å². The summed E-state index contributed by atoms with van der Waals surface area (Å²) in [5, 5.41) is 0. The lowest BCUT2D eigenvalue weighted by molar-refractivity contribution is 0.299. The molecule has 0 aliphatic rings. The molecular formula is C13H14N2O. The lowest BCUT2D eigenvalue weighted by Crippen LogP contribution is -1.99. The minimum atomic E-state index is 0.463. The van der Waals surface area contributed by atoms with Crippen LogP contribution in [0.2, 0.25) is 0 Å². The third-order valence-electron chi connectivity index (χ3n) is 2.32. The second-order valence-corrected chi connectivity index (χ2v) is 3.64. The van der Waals surface area contributed by atoms with Crippen LogP contribution in [0, 0.1) is 6.92 Å². The fourth-order valence-corrected chi connectivity index (χ4v) is 1.39. The summed E-state index contributed by atoms with van der Waals surface area (Å²) in [5.41, 5.74) is 8.22. The van der Waals surface area contributed by atoms with Crippen molar-refractivity contribution in [2.45, 2.75) is 13.5 Å². The molecule has 0 amide bonds. The Labute approximate surface area is 94.9 Å². The molecule has 16 heavy (non-hydrogen) atoms. The lowest BCUT2D eigenvalue weighted by Gasteiger charge is -2.08. The van der Waals surface area contributed by atoms with Gasteiger partial charge in [0.25, 0.3) is 0 Å². The van der Waals surface area contributed by atoms with Crippen molar-refractivity contribution in [1.29, 1.82) is 0 Å². The summed E-state index contributed by atoms with van der Waals surface area (Å²) in [6.07, 6.45) is 1.64. The van der Waals surface area contributed by atoms with E-state index < -0.39 is 0 Å². The highest BCUT2D eigenvalue weighted by atomic mass is 16.5. The van der Waals surface area contributed by atoms with Crippen LogP contribution >= 0.6 is 0 Å². The van der Waals surface area contributed by atoms with Crippen LogP contribution in [0.4, 0.5) is 5.69 Å². The summed E-state index contributed by atoms with van der Waals surface area (Å²) >= 11 is 0. The largest absolute Gasteiger partial charge is 0.487 e. The Morgan fingerprint density at radius 3 is 2.69 bits per heavy atom. The highest BCUT2D eigenvalue weighted by Crippen LogP contribution is 2.17. The molecule has 0 aliphatic heterocycles. The number of anilines is 1. The Hall–Kier alpha value is -2.03. The third-order valence-corrected chi connectivity index (χ3v) is 2.32. The van der Waals surface area contributed by atoms with Gasteiger partial charge in [-0.2, -0.15) is 0 Å². The zero-order valence-electron chi connectivity index (χ0n) is 9.18. The first-order valence-corrected chi connectivity index (χ1v) is 5.14. The van der Waals surface area contributed by atoms with Crippen molar-refractivity contribution in [2.75, 3.05) is 5.73 Å². The van der Waals surface area contributed by atoms with E-state index in [1.165, 1.54) is 0 Å².